The smallest absolute Gasteiger partial charge is 0.387 e. The van der Waals surface area contributed by atoms with Crippen LogP contribution in [-0.2, 0) is 11.3 Å². The molecule has 0 unspecified atom stereocenters. The van der Waals surface area contributed by atoms with Crippen LogP contribution < -0.4 is 10.1 Å². The number of ether oxygens (including phenoxy) is 2. The highest BCUT2D eigenvalue weighted by molar-refractivity contribution is 9.10. The Morgan fingerprint density at radius 1 is 1.38 bits per heavy atom. The molecule has 118 valence electrons. The number of hydrogen-bond acceptors (Lipinski definition) is 3. The zero-order valence-corrected chi connectivity index (χ0v) is 13.6. The molecule has 1 saturated carbocycles. The van der Waals surface area contributed by atoms with Gasteiger partial charge in [-0.15, -0.1) is 0 Å². The molecule has 0 spiro atoms. The van der Waals surface area contributed by atoms with Gasteiger partial charge < -0.3 is 14.8 Å². The topological polar surface area (TPSA) is 30.5 Å². The van der Waals surface area contributed by atoms with Crippen LogP contribution in [0.1, 0.15) is 24.8 Å². The Morgan fingerprint density at radius 2 is 2.14 bits per heavy atom. The van der Waals surface area contributed by atoms with Gasteiger partial charge in [0.2, 0.25) is 0 Å². The monoisotopic (exact) mass is 363 g/mol. The fourth-order valence-corrected chi connectivity index (χ4v) is 2.78. The average Bonchev–Trinajstić information content (AvgIpc) is 3.19. The standard InChI is InChI=1S/C15H20BrF2NO2/c1-20-7-6-15(4-5-15)10-19-9-11-8-12(16)2-3-13(11)21-14(17)18/h2-3,8,14,19H,4-7,9-10H2,1H3. The second-order valence-corrected chi connectivity index (χ2v) is 6.39. The van der Waals surface area contributed by atoms with Crippen LogP contribution >= 0.6 is 15.9 Å². The lowest BCUT2D eigenvalue weighted by atomic mass is 10.0. The lowest BCUT2D eigenvalue weighted by Gasteiger charge is -2.17. The summed E-state index contributed by atoms with van der Waals surface area (Å²) in [5.41, 5.74) is 1.05. The molecule has 1 aliphatic carbocycles. The van der Waals surface area contributed by atoms with E-state index in [1.54, 1.807) is 25.3 Å². The highest BCUT2D eigenvalue weighted by Gasteiger charge is 2.41. The molecule has 1 aromatic carbocycles. The van der Waals surface area contributed by atoms with Crippen LogP contribution in [0.25, 0.3) is 0 Å². The number of nitrogens with one attached hydrogen (secondary N) is 1. The van der Waals surface area contributed by atoms with Crippen LogP contribution in [0, 0.1) is 5.41 Å². The Labute approximate surface area is 132 Å². The molecule has 0 heterocycles. The molecule has 1 fully saturated rings. The Balaban J connectivity index is 1.89. The molecule has 0 atom stereocenters. The molecule has 3 nitrogen and oxygen atoms in total. The Hall–Kier alpha value is -0.720. The number of alkyl halides is 2. The normalized spacial score (nSPS) is 16.2. The van der Waals surface area contributed by atoms with Crippen LogP contribution in [0.3, 0.4) is 0 Å². The summed E-state index contributed by atoms with van der Waals surface area (Å²) in [5.74, 6) is 0.224. The summed E-state index contributed by atoms with van der Waals surface area (Å²) in [5, 5.41) is 3.35. The molecule has 1 aliphatic rings. The number of benzene rings is 1. The van der Waals surface area contributed by atoms with E-state index in [-0.39, 0.29) is 5.75 Å². The first kappa shape index (κ1) is 16.6. The van der Waals surface area contributed by atoms with Gasteiger partial charge in [0, 0.05) is 36.8 Å². The predicted molar refractivity (Wildman–Crippen MR) is 80.6 cm³/mol. The first-order valence-corrected chi connectivity index (χ1v) is 7.77. The lowest BCUT2D eigenvalue weighted by Crippen LogP contribution is -2.25. The van der Waals surface area contributed by atoms with Crippen molar-refractivity contribution in [2.75, 3.05) is 20.3 Å². The van der Waals surface area contributed by atoms with Crippen molar-refractivity contribution in [2.45, 2.75) is 32.4 Å². The van der Waals surface area contributed by atoms with E-state index in [1.807, 2.05) is 0 Å². The van der Waals surface area contributed by atoms with Crippen molar-refractivity contribution < 1.29 is 18.3 Å². The second-order valence-electron chi connectivity index (χ2n) is 5.48. The minimum Gasteiger partial charge on any atom is -0.434 e. The van der Waals surface area contributed by atoms with Crippen molar-refractivity contribution >= 4 is 15.9 Å². The van der Waals surface area contributed by atoms with E-state index in [1.165, 1.54) is 12.8 Å². The SMILES string of the molecule is COCCC1(CNCc2cc(Br)ccc2OC(F)F)CC1. The fraction of sp³-hybridized carbons (Fsp3) is 0.600. The van der Waals surface area contributed by atoms with Gasteiger partial charge in [-0.3, -0.25) is 0 Å². The largest absolute Gasteiger partial charge is 0.434 e. The summed E-state index contributed by atoms with van der Waals surface area (Å²) in [6.45, 7) is -0.660. The summed E-state index contributed by atoms with van der Waals surface area (Å²) in [7, 11) is 1.71. The van der Waals surface area contributed by atoms with Gasteiger partial charge in [0.15, 0.2) is 0 Å². The number of hydrogen-bond donors (Lipinski definition) is 1. The summed E-state index contributed by atoms with van der Waals surface area (Å²) in [4.78, 5) is 0. The molecule has 0 aliphatic heterocycles. The molecule has 6 heteroatoms. The summed E-state index contributed by atoms with van der Waals surface area (Å²) in [6.07, 6.45) is 3.43. The molecular formula is C15H20BrF2NO2. The van der Waals surface area contributed by atoms with Gasteiger partial charge in [-0.1, -0.05) is 15.9 Å². The van der Waals surface area contributed by atoms with E-state index in [2.05, 4.69) is 26.0 Å². The summed E-state index contributed by atoms with van der Waals surface area (Å²) >= 11 is 3.35. The zero-order chi connectivity index (χ0) is 15.3. The Kier molecular flexibility index (Phi) is 5.96. The van der Waals surface area contributed by atoms with Gasteiger partial charge in [0.1, 0.15) is 5.75 Å². The maximum Gasteiger partial charge on any atom is 0.387 e. The maximum atomic E-state index is 12.4. The van der Waals surface area contributed by atoms with E-state index in [0.717, 1.165) is 29.6 Å². The zero-order valence-electron chi connectivity index (χ0n) is 12.0. The first-order chi connectivity index (χ1) is 10.0. The van der Waals surface area contributed by atoms with E-state index < -0.39 is 6.61 Å². The third-order valence-corrected chi connectivity index (χ3v) is 4.34. The van der Waals surface area contributed by atoms with Gasteiger partial charge in [0.25, 0.3) is 0 Å². The van der Waals surface area contributed by atoms with Crippen molar-refractivity contribution in [1.29, 1.82) is 0 Å². The molecule has 1 N–H and O–H groups in total. The van der Waals surface area contributed by atoms with E-state index in [9.17, 15) is 8.78 Å². The van der Waals surface area contributed by atoms with Gasteiger partial charge in [-0.25, -0.2) is 0 Å². The van der Waals surface area contributed by atoms with E-state index in [0.29, 0.717) is 12.0 Å². The molecule has 21 heavy (non-hydrogen) atoms. The van der Waals surface area contributed by atoms with Crippen LogP contribution in [0.5, 0.6) is 5.75 Å². The van der Waals surface area contributed by atoms with Crippen molar-refractivity contribution in [3.63, 3.8) is 0 Å². The first-order valence-electron chi connectivity index (χ1n) is 6.98. The van der Waals surface area contributed by atoms with Crippen molar-refractivity contribution in [1.82, 2.24) is 5.32 Å². The van der Waals surface area contributed by atoms with Crippen molar-refractivity contribution in [3.05, 3.63) is 28.2 Å². The third-order valence-electron chi connectivity index (χ3n) is 3.85. The van der Waals surface area contributed by atoms with Gasteiger partial charge in [-0.2, -0.15) is 8.78 Å². The molecular weight excluding hydrogens is 344 g/mol. The minimum absolute atomic E-state index is 0.224. The Morgan fingerprint density at radius 3 is 2.76 bits per heavy atom. The van der Waals surface area contributed by atoms with Crippen LogP contribution in [0.4, 0.5) is 8.78 Å². The molecule has 0 aromatic heterocycles. The van der Waals surface area contributed by atoms with Gasteiger partial charge >= 0.3 is 6.61 Å². The lowest BCUT2D eigenvalue weighted by molar-refractivity contribution is -0.0505. The number of methoxy groups -OCH3 is 1. The average molecular weight is 364 g/mol. The molecule has 0 amide bonds. The predicted octanol–water partition coefficient (Wildman–Crippen LogP) is 3.96. The molecule has 1 aromatic rings. The second kappa shape index (κ2) is 7.51. The third kappa shape index (κ3) is 5.20. The van der Waals surface area contributed by atoms with E-state index in [4.69, 9.17) is 4.74 Å². The van der Waals surface area contributed by atoms with E-state index >= 15 is 0 Å². The minimum atomic E-state index is -2.80. The fourth-order valence-electron chi connectivity index (χ4n) is 2.37. The van der Waals surface area contributed by atoms with Crippen LogP contribution in [0.2, 0.25) is 0 Å². The molecule has 2 rings (SSSR count). The van der Waals surface area contributed by atoms with Crippen LogP contribution in [0.15, 0.2) is 22.7 Å². The van der Waals surface area contributed by atoms with Crippen molar-refractivity contribution in [3.8, 4) is 5.75 Å². The van der Waals surface area contributed by atoms with Gasteiger partial charge in [0.05, 0.1) is 0 Å². The highest BCUT2D eigenvalue weighted by Crippen LogP contribution is 2.48. The Bertz CT molecular complexity index is 467. The molecule has 0 radical (unpaired) electrons. The van der Waals surface area contributed by atoms with Crippen LogP contribution in [-0.4, -0.2) is 26.9 Å². The van der Waals surface area contributed by atoms with Crippen molar-refractivity contribution in [2.24, 2.45) is 5.41 Å². The summed E-state index contributed by atoms with van der Waals surface area (Å²) in [6, 6.07) is 5.06. The number of halogens is 3. The van der Waals surface area contributed by atoms with Gasteiger partial charge in [-0.05, 0) is 42.9 Å². The molecule has 0 bridgehead atoms. The maximum absolute atomic E-state index is 12.4. The highest BCUT2D eigenvalue weighted by atomic mass is 79.9. The number of rotatable bonds is 9. The summed E-state index contributed by atoms with van der Waals surface area (Å²) < 4.78 is 35.3. The quantitative estimate of drug-likeness (QED) is 0.720. The molecule has 0 saturated heterocycles.